The molecule has 0 spiro atoms. The lowest BCUT2D eigenvalue weighted by atomic mass is 9.90. The monoisotopic (exact) mass is 241 g/mol. The highest BCUT2D eigenvalue weighted by atomic mass is 16.5. The molecular formula is C12H23N3O2. The second-order valence-electron chi connectivity index (χ2n) is 5.00. The fourth-order valence-electron chi connectivity index (χ4n) is 2.96. The number of ether oxygens (including phenoxy) is 1. The number of nitrogens with zero attached hydrogens (tertiary/aromatic N) is 1. The normalized spacial score (nSPS) is 31.8. The van der Waals surface area contributed by atoms with Crippen molar-refractivity contribution in [3.8, 4) is 0 Å². The number of rotatable bonds is 4. The maximum atomic E-state index is 11.3. The van der Waals surface area contributed by atoms with Gasteiger partial charge >= 0.3 is 0 Å². The molecule has 17 heavy (non-hydrogen) atoms. The number of nitrogens with two attached hydrogens (primary N) is 1. The van der Waals surface area contributed by atoms with Crippen molar-refractivity contribution in [3.63, 3.8) is 0 Å². The van der Waals surface area contributed by atoms with E-state index in [9.17, 15) is 4.79 Å². The molecule has 2 aliphatic rings. The summed E-state index contributed by atoms with van der Waals surface area (Å²) in [6.45, 7) is 2.39. The minimum absolute atomic E-state index is 0.254. The van der Waals surface area contributed by atoms with Gasteiger partial charge in [-0.1, -0.05) is 12.8 Å². The van der Waals surface area contributed by atoms with E-state index < -0.39 is 0 Å². The summed E-state index contributed by atoms with van der Waals surface area (Å²) in [5, 5.41) is 2.99. The summed E-state index contributed by atoms with van der Waals surface area (Å²) >= 11 is 0. The van der Waals surface area contributed by atoms with Gasteiger partial charge in [-0.2, -0.15) is 0 Å². The van der Waals surface area contributed by atoms with Crippen LogP contribution < -0.4 is 11.1 Å². The average molecular weight is 241 g/mol. The van der Waals surface area contributed by atoms with Gasteiger partial charge < -0.3 is 15.8 Å². The third-order valence-corrected chi connectivity index (χ3v) is 3.96. The van der Waals surface area contributed by atoms with Crippen molar-refractivity contribution in [2.45, 2.75) is 43.9 Å². The van der Waals surface area contributed by atoms with Gasteiger partial charge in [0, 0.05) is 19.1 Å². The molecule has 5 nitrogen and oxygen atoms in total. The van der Waals surface area contributed by atoms with Crippen LogP contribution in [-0.2, 0) is 9.53 Å². The van der Waals surface area contributed by atoms with Crippen molar-refractivity contribution in [2.24, 2.45) is 5.73 Å². The topological polar surface area (TPSA) is 67.6 Å². The highest BCUT2D eigenvalue weighted by molar-refractivity contribution is 5.80. The first-order chi connectivity index (χ1) is 8.22. The van der Waals surface area contributed by atoms with Gasteiger partial charge in [0.1, 0.15) is 0 Å². The van der Waals surface area contributed by atoms with Crippen LogP contribution in [-0.4, -0.2) is 55.7 Å². The highest BCUT2D eigenvalue weighted by Gasteiger charge is 2.35. The van der Waals surface area contributed by atoms with Crippen LogP contribution in [0.2, 0.25) is 0 Å². The van der Waals surface area contributed by atoms with E-state index in [-0.39, 0.29) is 11.9 Å². The Bertz CT molecular complexity index is 270. The minimum atomic E-state index is -0.272. The molecule has 2 rings (SSSR count). The summed E-state index contributed by atoms with van der Waals surface area (Å²) < 4.78 is 5.81. The van der Waals surface area contributed by atoms with Gasteiger partial charge in [-0.15, -0.1) is 0 Å². The Morgan fingerprint density at radius 1 is 1.53 bits per heavy atom. The van der Waals surface area contributed by atoms with Crippen LogP contribution in [0, 0.1) is 0 Å². The Morgan fingerprint density at radius 2 is 2.29 bits per heavy atom. The third-order valence-electron chi connectivity index (χ3n) is 3.96. The Morgan fingerprint density at radius 3 is 3.00 bits per heavy atom. The lowest BCUT2D eigenvalue weighted by Crippen LogP contribution is -2.57. The van der Waals surface area contributed by atoms with Gasteiger partial charge in [-0.3, -0.25) is 9.69 Å². The second kappa shape index (κ2) is 5.80. The molecule has 0 bridgehead atoms. The predicted molar refractivity (Wildman–Crippen MR) is 65.6 cm³/mol. The zero-order valence-corrected chi connectivity index (χ0v) is 10.5. The predicted octanol–water partition coefficient (Wildman–Crippen LogP) is -0.297. The number of primary amides is 1. The van der Waals surface area contributed by atoms with E-state index in [2.05, 4.69) is 10.2 Å². The zero-order chi connectivity index (χ0) is 12.3. The zero-order valence-electron chi connectivity index (χ0n) is 10.5. The molecule has 2 fully saturated rings. The Balaban J connectivity index is 1.96. The van der Waals surface area contributed by atoms with Crippen LogP contribution in [0.25, 0.3) is 0 Å². The van der Waals surface area contributed by atoms with Gasteiger partial charge in [0.25, 0.3) is 0 Å². The Kier molecular flexibility index (Phi) is 4.36. The molecule has 0 aromatic carbocycles. The number of carbonyl (C=O) groups is 1. The number of amides is 1. The molecule has 3 N–H and O–H groups in total. The molecule has 1 saturated heterocycles. The number of carbonyl (C=O) groups excluding carboxylic acids is 1. The maximum Gasteiger partial charge on any atom is 0.235 e. The summed E-state index contributed by atoms with van der Waals surface area (Å²) in [6, 6.07) is 0.225. The van der Waals surface area contributed by atoms with Gasteiger partial charge in [-0.25, -0.2) is 0 Å². The number of hydrogen-bond donors (Lipinski definition) is 2. The minimum Gasteiger partial charge on any atom is -0.375 e. The molecule has 98 valence electrons. The summed E-state index contributed by atoms with van der Waals surface area (Å²) in [6.07, 6.45) is 5.23. The molecule has 1 aliphatic heterocycles. The first-order valence-electron chi connectivity index (χ1n) is 6.54. The van der Waals surface area contributed by atoms with Gasteiger partial charge in [0.15, 0.2) is 0 Å². The van der Waals surface area contributed by atoms with E-state index in [0.717, 1.165) is 19.6 Å². The van der Waals surface area contributed by atoms with E-state index in [1.165, 1.54) is 19.3 Å². The molecule has 1 amide bonds. The molecule has 0 aromatic rings. The standard InChI is InChI=1S/C12H23N3O2/c1-14-9(12(13)16)8-15-6-7-17-11-5-3-2-4-10(11)15/h9-11,14H,2-8H2,1H3,(H2,13,16). The third kappa shape index (κ3) is 2.97. The van der Waals surface area contributed by atoms with E-state index in [0.29, 0.717) is 18.7 Å². The molecule has 1 aliphatic carbocycles. The van der Waals surface area contributed by atoms with Gasteiger partial charge in [-0.05, 0) is 19.9 Å². The van der Waals surface area contributed by atoms with Crippen molar-refractivity contribution >= 4 is 5.91 Å². The van der Waals surface area contributed by atoms with Crippen LogP contribution >= 0.6 is 0 Å². The first-order valence-corrected chi connectivity index (χ1v) is 6.54. The first kappa shape index (κ1) is 12.8. The molecule has 3 atom stereocenters. The summed E-state index contributed by atoms with van der Waals surface area (Å²) in [5.41, 5.74) is 5.37. The van der Waals surface area contributed by atoms with Crippen LogP contribution in [0.15, 0.2) is 0 Å². The number of morpholine rings is 1. The SMILES string of the molecule is CNC(CN1CCOC2CCCCC21)C(N)=O. The van der Waals surface area contributed by atoms with Crippen LogP contribution in [0.5, 0.6) is 0 Å². The van der Waals surface area contributed by atoms with E-state index in [1.807, 2.05) is 0 Å². The number of hydrogen-bond acceptors (Lipinski definition) is 4. The summed E-state index contributed by atoms with van der Waals surface area (Å²) in [5.74, 6) is -0.272. The van der Waals surface area contributed by atoms with E-state index >= 15 is 0 Å². The van der Waals surface area contributed by atoms with Crippen molar-refractivity contribution in [1.29, 1.82) is 0 Å². The fraction of sp³-hybridized carbons (Fsp3) is 0.917. The highest BCUT2D eigenvalue weighted by Crippen LogP contribution is 2.28. The molecule has 0 radical (unpaired) electrons. The quantitative estimate of drug-likeness (QED) is 0.709. The number of nitrogens with one attached hydrogen (secondary N) is 1. The molecular weight excluding hydrogens is 218 g/mol. The van der Waals surface area contributed by atoms with E-state index in [1.54, 1.807) is 7.05 Å². The Hall–Kier alpha value is -0.650. The summed E-state index contributed by atoms with van der Waals surface area (Å²) in [7, 11) is 1.79. The number of likely N-dealkylation sites (N-methyl/N-ethyl adjacent to an activating group) is 1. The number of fused-ring (bicyclic) bond motifs is 1. The molecule has 1 heterocycles. The lowest BCUT2D eigenvalue weighted by Gasteiger charge is -2.44. The summed E-state index contributed by atoms with van der Waals surface area (Å²) in [4.78, 5) is 13.6. The second-order valence-corrected chi connectivity index (χ2v) is 5.00. The van der Waals surface area contributed by atoms with Crippen LogP contribution in [0.1, 0.15) is 25.7 Å². The van der Waals surface area contributed by atoms with Crippen LogP contribution in [0.3, 0.4) is 0 Å². The van der Waals surface area contributed by atoms with E-state index in [4.69, 9.17) is 10.5 Å². The van der Waals surface area contributed by atoms with Crippen molar-refractivity contribution < 1.29 is 9.53 Å². The molecule has 0 aromatic heterocycles. The average Bonchev–Trinajstić information content (AvgIpc) is 2.35. The largest absolute Gasteiger partial charge is 0.375 e. The molecule has 5 heteroatoms. The lowest BCUT2D eigenvalue weighted by molar-refractivity contribution is -0.123. The van der Waals surface area contributed by atoms with Crippen molar-refractivity contribution in [3.05, 3.63) is 0 Å². The molecule has 3 unspecified atom stereocenters. The van der Waals surface area contributed by atoms with Crippen molar-refractivity contribution in [2.75, 3.05) is 26.7 Å². The Labute approximate surface area is 103 Å². The van der Waals surface area contributed by atoms with Gasteiger partial charge in [0.05, 0.1) is 18.8 Å². The molecule has 1 saturated carbocycles. The van der Waals surface area contributed by atoms with Crippen molar-refractivity contribution in [1.82, 2.24) is 10.2 Å². The fourth-order valence-corrected chi connectivity index (χ4v) is 2.96. The van der Waals surface area contributed by atoms with Gasteiger partial charge in [0.2, 0.25) is 5.91 Å². The maximum absolute atomic E-state index is 11.3. The smallest absolute Gasteiger partial charge is 0.235 e. The van der Waals surface area contributed by atoms with Crippen LogP contribution in [0.4, 0.5) is 0 Å².